The summed E-state index contributed by atoms with van der Waals surface area (Å²) in [4.78, 5) is 150. The van der Waals surface area contributed by atoms with Crippen LogP contribution in [-0.4, -0.2) is 233 Å². The third-order valence-corrected chi connectivity index (χ3v) is 15.3. The number of para-hydroxylation sites is 1. The predicted octanol–water partition coefficient (Wildman–Crippen LogP) is -3.18. The van der Waals surface area contributed by atoms with E-state index in [0.717, 1.165) is 30.5 Å². The lowest BCUT2D eigenvalue weighted by Crippen LogP contribution is -2.59. The van der Waals surface area contributed by atoms with Crippen molar-refractivity contribution >= 4 is 70.9 Å². The number of cyclic esters (lactones) is 1. The molecule has 1 aromatic carbocycles. The summed E-state index contributed by atoms with van der Waals surface area (Å²) in [5.41, 5.74) is 2.13. The summed E-state index contributed by atoms with van der Waals surface area (Å²) in [5.74, 6) is -7.85. The number of benzene rings is 1. The number of aliphatic carboxylic acids is 3. The van der Waals surface area contributed by atoms with Crippen molar-refractivity contribution in [1.29, 1.82) is 0 Å². The van der Waals surface area contributed by atoms with E-state index in [-0.39, 0.29) is 83.1 Å². The van der Waals surface area contributed by atoms with Gasteiger partial charge in [0.25, 0.3) is 0 Å². The van der Waals surface area contributed by atoms with Crippen molar-refractivity contribution in [1.82, 2.24) is 51.5 Å². The first-order valence-electron chi connectivity index (χ1n) is 27.3. The van der Waals surface area contributed by atoms with Crippen LogP contribution in [0.4, 0.5) is 5.69 Å². The molecule has 5 heterocycles. The number of hydrogen-bond acceptors (Lipinski definition) is 17. The fourth-order valence-electron chi connectivity index (χ4n) is 10.7. The predicted molar refractivity (Wildman–Crippen MR) is 280 cm³/mol. The molecule has 0 radical (unpaired) electrons. The number of likely N-dealkylation sites (tertiary alicyclic amines) is 1. The molecule has 7 amide bonds. The molecule has 436 valence electrons. The van der Waals surface area contributed by atoms with Crippen LogP contribution < -0.4 is 36.8 Å². The number of aliphatic hydroxyl groups is 1. The molecule has 79 heavy (non-hydrogen) atoms. The minimum Gasteiger partial charge on any atom is -0.481 e. The molecule has 3 fully saturated rings. The minimum atomic E-state index is -1.53. The smallest absolute Gasteiger partial charge is 0.317 e. The van der Waals surface area contributed by atoms with E-state index in [1.54, 1.807) is 6.92 Å². The quantitative estimate of drug-likeness (QED) is 0.0409. The summed E-state index contributed by atoms with van der Waals surface area (Å²) in [5, 5.41) is 54.2. The van der Waals surface area contributed by atoms with Crippen molar-refractivity contribution in [3.8, 4) is 0 Å². The Morgan fingerprint density at radius 2 is 1.28 bits per heavy atom. The van der Waals surface area contributed by atoms with Gasteiger partial charge in [0.05, 0.1) is 31.7 Å². The molecule has 0 spiro atoms. The monoisotopic (exact) mass is 1110 g/mol. The van der Waals surface area contributed by atoms with Crippen LogP contribution in [0.3, 0.4) is 0 Å². The van der Waals surface area contributed by atoms with E-state index in [4.69, 9.17) is 4.74 Å². The summed E-state index contributed by atoms with van der Waals surface area (Å²) >= 11 is 0. The number of anilines is 1. The first-order valence-corrected chi connectivity index (χ1v) is 27.3. The highest BCUT2D eigenvalue weighted by atomic mass is 16.6. The van der Waals surface area contributed by atoms with Crippen LogP contribution in [-0.2, 0) is 70.3 Å². The summed E-state index contributed by atoms with van der Waals surface area (Å²) in [7, 11) is 0. The highest BCUT2D eigenvalue weighted by Gasteiger charge is 2.46. The van der Waals surface area contributed by atoms with Gasteiger partial charge in [-0.1, -0.05) is 38.5 Å². The van der Waals surface area contributed by atoms with Gasteiger partial charge in [-0.2, -0.15) is 0 Å². The van der Waals surface area contributed by atoms with Crippen LogP contribution in [0.5, 0.6) is 0 Å². The number of nitrogens with zero attached hydrogens (tertiary/aromatic N) is 5. The zero-order valence-electron chi connectivity index (χ0n) is 45.0. The molecule has 7 atom stereocenters. The molecule has 1 aromatic rings. The normalized spacial score (nSPS) is 22.5. The number of carboxylic acid groups (broad SMARTS) is 3. The van der Waals surface area contributed by atoms with Crippen molar-refractivity contribution in [3.63, 3.8) is 0 Å². The number of rotatable bonds is 26. The third kappa shape index (κ3) is 18.4. The lowest BCUT2D eigenvalue weighted by atomic mass is 9.96. The van der Waals surface area contributed by atoms with E-state index in [9.17, 15) is 73.2 Å². The number of piperidine rings is 1. The maximum absolute atomic E-state index is 14.3. The maximum Gasteiger partial charge on any atom is 0.317 e. The van der Waals surface area contributed by atoms with Crippen molar-refractivity contribution in [2.45, 2.75) is 121 Å². The lowest BCUT2D eigenvalue weighted by Gasteiger charge is -2.35. The Morgan fingerprint density at radius 1 is 0.671 bits per heavy atom. The average molecular weight is 1110 g/mol. The van der Waals surface area contributed by atoms with E-state index in [1.807, 2.05) is 39.8 Å². The highest BCUT2D eigenvalue weighted by molar-refractivity contribution is 6.08. The van der Waals surface area contributed by atoms with E-state index < -0.39 is 108 Å². The molecule has 5 aliphatic heterocycles. The first kappa shape index (κ1) is 61.4. The van der Waals surface area contributed by atoms with Crippen LogP contribution in [0, 0.1) is 11.8 Å². The second kappa shape index (κ2) is 29.4. The fourth-order valence-corrected chi connectivity index (χ4v) is 10.7. The number of carboxylic acids is 3. The summed E-state index contributed by atoms with van der Waals surface area (Å²) in [6.45, 7) is 8.08. The minimum absolute atomic E-state index is 0.0338. The van der Waals surface area contributed by atoms with Gasteiger partial charge in [-0.15, -0.1) is 0 Å². The number of carbonyl (C=O) groups excluding carboxylic acids is 8. The number of esters is 1. The Kier molecular flexibility index (Phi) is 22.9. The molecule has 0 aromatic heterocycles. The number of hydrogen-bond donors (Lipinski definition) is 10. The number of nitrogens with one attached hydrogen (secondary N) is 6. The summed E-state index contributed by atoms with van der Waals surface area (Å²) in [6, 6.07) is 0.103. The van der Waals surface area contributed by atoms with Gasteiger partial charge < -0.3 is 62.0 Å². The number of amides is 7. The van der Waals surface area contributed by atoms with Gasteiger partial charge in [0.2, 0.25) is 47.6 Å². The van der Waals surface area contributed by atoms with Crippen molar-refractivity contribution in [2.75, 3.05) is 96.5 Å². The number of carbonyl (C=O) groups is 11. The number of aliphatic hydroxyl groups excluding tert-OH is 1. The van der Waals surface area contributed by atoms with Crippen LogP contribution in [0.1, 0.15) is 82.8 Å². The average Bonchev–Trinajstić information content (AvgIpc) is 4.19. The van der Waals surface area contributed by atoms with Crippen LogP contribution in [0.2, 0.25) is 0 Å². The van der Waals surface area contributed by atoms with Gasteiger partial charge >= 0.3 is 23.9 Å². The van der Waals surface area contributed by atoms with Gasteiger partial charge in [-0.25, -0.2) is 0 Å². The van der Waals surface area contributed by atoms with Gasteiger partial charge in [0, 0.05) is 84.6 Å². The van der Waals surface area contributed by atoms with Crippen LogP contribution >= 0.6 is 0 Å². The Labute approximate surface area is 457 Å². The molecule has 3 saturated heterocycles. The Bertz CT molecular complexity index is 2380. The fraction of sp³-hybridized carbons (Fsp3) is 0.673. The molecule has 6 rings (SSSR count). The molecule has 0 bridgehead atoms. The highest BCUT2D eigenvalue weighted by Crippen LogP contribution is 2.39. The molecule has 0 unspecified atom stereocenters. The number of aryl methyl sites for hydroxylation is 1. The maximum atomic E-state index is 14.3. The van der Waals surface area contributed by atoms with E-state index in [1.165, 1.54) is 4.90 Å². The topological polar surface area (TPSA) is 366 Å². The third-order valence-electron chi connectivity index (χ3n) is 15.3. The van der Waals surface area contributed by atoms with Crippen molar-refractivity contribution < 1.29 is 77.9 Å². The molecule has 0 saturated carbocycles. The van der Waals surface area contributed by atoms with E-state index >= 15 is 0 Å². The standard InChI is InChI=1S/C52H77N11O16/c1-3-31(2)46(50(76)56-36-8-7-33-5-4-6-34-25-38(63(47(33)34)51(36)77)49(75)57-37-26-45(73)79-52(37)78)58-40(65)12-15-53-39(64)11-16-54-48(74)35(9-10-42(67)68)55-41(66)28-59-17-13-32(14-18-59)27-60-19-21-61(29-43(69)70)23-24-62(22-20-60)30-44(71)72/h4-6,31-32,35-38,46,52,78H,3,7-30H2,1-2H3,(H,53,64)(H,54,74)(H,55,66)(H,56,76)(H,57,75)(H,58,65)(H,67,68)(H,69,70)(H,71,72)/t31-,35+,36-,37+,38-,46-,52-/m0/s1. The molecular formula is C52H77N11O16. The largest absolute Gasteiger partial charge is 0.481 e. The Balaban J connectivity index is 0.916. The molecule has 5 aliphatic rings. The van der Waals surface area contributed by atoms with Gasteiger partial charge in [-0.3, -0.25) is 72.3 Å². The van der Waals surface area contributed by atoms with Crippen molar-refractivity contribution in [3.05, 3.63) is 29.3 Å². The molecular weight excluding hydrogens is 1030 g/mol. The molecule has 27 heteroatoms. The lowest BCUT2D eigenvalue weighted by molar-refractivity contribution is -0.155. The SMILES string of the molecule is CC[C@H](C)[C@H](NC(=O)CCNC(=O)CCNC(=O)[C@@H](CCC(=O)O)NC(=O)CN1CCC(CN2CCN(CC(=O)O)CCN(CC(=O)O)CC2)CC1)C(=O)N[C@H]1CCc2cccc3c2N(C1=O)[C@H](C(=O)N[C@@H]1CC(=O)O[C@@H]1O)C3. The summed E-state index contributed by atoms with van der Waals surface area (Å²) in [6.07, 6.45) is -0.0619. The zero-order chi connectivity index (χ0) is 57.3. The second-order valence-electron chi connectivity index (χ2n) is 21.1. The molecule has 0 aliphatic carbocycles. The van der Waals surface area contributed by atoms with Crippen LogP contribution in [0.15, 0.2) is 18.2 Å². The Morgan fingerprint density at radius 3 is 1.89 bits per heavy atom. The van der Waals surface area contributed by atoms with Crippen molar-refractivity contribution in [2.24, 2.45) is 11.8 Å². The van der Waals surface area contributed by atoms with E-state index in [0.29, 0.717) is 70.9 Å². The summed E-state index contributed by atoms with van der Waals surface area (Å²) < 4.78 is 4.76. The first-order chi connectivity index (χ1) is 37.7. The number of ether oxygens (including phenoxy) is 1. The van der Waals surface area contributed by atoms with Gasteiger partial charge in [0.1, 0.15) is 30.2 Å². The van der Waals surface area contributed by atoms with Gasteiger partial charge in [-0.05, 0) is 68.2 Å². The molecule has 10 N–H and O–H groups in total. The Hall–Kier alpha value is -6.81. The molecule has 27 nitrogen and oxygen atoms in total. The van der Waals surface area contributed by atoms with Gasteiger partial charge in [0.15, 0.2) is 0 Å². The van der Waals surface area contributed by atoms with E-state index in [2.05, 4.69) is 36.8 Å². The second-order valence-corrected chi connectivity index (χ2v) is 21.1. The van der Waals surface area contributed by atoms with Crippen LogP contribution in [0.25, 0.3) is 0 Å². The zero-order valence-corrected chi connectivity index (χ0v) is 45.0.